The van der Waals surface area contributed by atoms with E-state index in [4.69, 9.17) is 11.0 Å². The van der Waals surface area contributed by atoms with Gasteiger partial charge in [-0.15, -0.1) is 0 Å². The SMILES string of the molecule is Cc1ccc(C#N)cc1Nc1nc(C2CC2)nc(N)c1C. The van der Waals surface area contributed by atoms with Gasteiger partial charge in [-0.3, -0.25) is 0 Å². The van der Waals surface area contributed by atoms with Crippen molar-refractivity contribution in [3.63, 3.8) is 0 Å². The molecule has 1 aliphatic rings. The fraction of sp³-hybridized carbons (Fsp3) is 0.312. The molecule has 0 aliphatic heterocycles. The molecule has 3 rings (SSSR count). The van der Waals surface area contributed by atoms with Gasteiger partial charge in [0.2, 0.25) is 0 Å². The first-order chi connectivity index (χ1) is 10.1. The van der Waals surface area contributed by atoms with Gasteiger partial charge in [-0.1, -0.05) is 6.07 Å². The minimum Gasteiger partial charge on any atom is -0.383 e. The van der Waals surface area contributed by atoms with Crippen LogP contribution in [0, 0.1) is 25.2 Å². The van der Waals surface area contributed by atoms with Gasteiger partial charge in [-0.25, -0.2) is 9.97 Å². The van der Waals surface area contributed by atoms with Crippen LogP contribution in [0.4, 0.5) is 17.3 Å². The van der Waals surface area contributed by atoms with Crippen LogP contribution in [-0.2, 0) is 0 Å². The van der Waals surface area contributed by atoms with Crippen molar-refractivity contribution in [2.45, 2.75) is 32.6 Å². The first-order valence-corrected chi connectivity index (χ1v) is 7.00. The molecule has 0 spiro atoms. The van der Waals surface area contributed by atoms with Crippen LogP contribution in [0.3, 0.4) is 0 Å². The van der Waals surface area contributed by atoms with Gasteiger partial charge in [0.05, 0.1) is 11.6 Å². The lowest BCUT2D eigenvalue weighted by atomic mass is 10.1. The summed E-state index contributed by atoms with van der Waals surface area (Å²) in [4.78, 5) is 8.97. The Labute approximate surface area is 123 Å². The normalized spacial score (nSPS) is 13.8. The van der Waals surface area contributed by atoms with Crippen LogP contribution in [0.15, 0.2) is 18.2 Å². The third kappa shape index (κ3) is 2.65. The molecule has 1 aromatic carbocycles. The zero-order valence-electron chi connectivity index (χ0n) is 12.1. The lowest BCUT2D eigenvalue weighted by Gasteiger charge is -2.13. The molecular formula is C16H17N5. The number of nitrogens with zero attached hydrogens (tertiary/aromatic N) is 3. The Morgan fingerprint density at radius 2 is 2.05 bits per heavy atom. The summed E-state index contributed by atoms with van der Waals surface area (Å²) in [6.07, 6.45) is 2.26. The van der Waals surface area contributed by atoms with Gasteiger partial charge in [-0.05, 0) is 44.4 Å². The molecule has 1 saturated carbocycles. The van der Waals surface area contributed by atoms with Gasteiger partial charge in [0.1, 0.15) is 17.5 Å². The van der Waals surface area contributed by atoms with Crippen LogP contribution < -0.4 is 11.1 Å². The minimum absolute atomic E-state index is 0.444. The molecule has 1 aliphatic carbocycles. The summed E-state index contributed by atoms with van der Waals surface area (Å²) in [5.74, 6) is 2.50. The number of aryl methyl sites for hydroxylation is 1. The van der Waals surface area contributed by atoms with Crippen LogP contribution >= 0.6 is 0 Å². The van der Waals surface area contributed by atoms with E-state index >= 15 is 0 Å². The van der Waals surface area contributed by atoms with E-state index in [1.165, 1.54) is 0 Å². The van der Waals surface area contributed by atoms with Crippen LogP contribution in [0.2, 0.25) is 0 Å². The first-order valence-electron chi connectivity index (χ1n) is 7.00. The number of nitrogens with two attached hydrogens (primary N) is 1. The van der Waals surface area contributed by atoms with Crippen LogP contribution in [0.5, 0.6) is 0 Å². The highest BCUT2D eigenvalue weighted by Crippen LogP contribution is 2.39. The fourth-order valence-corrected chi connectivity index (χ4v) is 2.15. The van der Waals surface area contributed by atoms with Crippen molar-refractivity contribution < 1.29 is 0 Å². The maximum Gasteiger partial charge on any atom is 0.139 e. The lowest BCUT2D eigenvalue weighted by Crippen LogP contribution is -2.07. The van der Waals surface area contributed by atoms with Crippen LogP contribution in [0.1, 0.15) is 41.3 Å². The van der Waals surface area contributed by atoms with E-state index in [9.17, 15) is 0 Å². The Morgan fingerprint density at radius 3 is 2.71 bits per heavy atom. The summed E-state index contributed by atoms with van der Waals surface area (Å²) in [6.45, 7) is 3.89. The van der Waals surface area contributed by atoms with Crippen molar-refractivity contribution in [2.75, 3.05) is 11.1 Å². The Morgan fingerprint density at radius 1 is 1.29 bits per heavy atom. The van der Waals surface area contributed by atoms with E-state index in [-0.39, 0.29) is 0 Å². The Balaban J connectivity index is 1.99. The average Bonchev–Trinajstić information content (AvgIpc) is 3.30. The number of hydrogen-bond acceptors (Lipinski definition) is 5. The molecule has 0 radical (unpaired) electrons. The van der Waals surface area contributed by atoms with Crippen molar-refractivity contribution in [3.05, 3.63) is 40.7 Å². The average molecular weight is 279 g/mol. The second-order valence-electron chi connectivity index (χ2n) is 5.48. The standard InChI is InChI=1S/C16H17N5/c1-9-3-4-11(8-17)7-13(9)19-15-10(2)14(18)20-16(21-15)12-5-6-12/h3-4,7,12H,5-6H2,1-2H3,(H3,18,19,20,21). The minimum atomic E-state index is 0.444. The molecular weight excluding hydrogens is 262 g/mol. The van der Waals surface area contributed by atoms with Crippen molar-refractivity contribution in [1.82, 2.24) is 9.97 Å². The molecule has 1 fully saturated rings. The maximum absolute atomic E-state index is 9.02. The molecule has 5 heteroatoms. The number of rotatable bonds is 3. The molecule has 0 atom stereocenters. The molecule has 1 heterocycles. The Kier molecular flexibility index (Phi) is 3.22. The number of anilines is 3. The molecule has 1 aromatic heterocycles. The summed E-state index contributed by atoms with van der Waals surface area (Å²) in [5.41, 5.74) is 9.37. The smallest absolute Gasteiger partial charge is 0.139 e. The maximum atomic E-state index is 9.02. The van der Waals surface area contributed by atoms with Crippen molar-refractivity contribution in [3.8, 4) is 6.07 Å². The third-order valence-corrected chi connectivity index (χ3v) is 3.76. The number of aromatic nitrogens is 2. The molecule has 5 nitrogen and oxygen atoms in total. The zero-order chi connectivity index (χ0) is 15.0. The molecule has 0 saturated heterocycles. The molecule has 106 valence electrons. The summed E-state index contributed by atoms with van der Waals surface area (Å²) >= 11 is 0. The van der Waals surface area contributed by atoms with E-state index in [1.54, 1.807) is 6.07 Å². The Hall–Kier alpha value is -2.61. The van der Waals surface area contributed by atoms with E-state index < -0.39 is 0 Å². The monoisotopic (exact) mass is 279 g/mol. The predicted octanol–water partition coefficient (Wildman–Crippen LogP) is 3.17. The van der Waals surface area contributed by atoms with Gasteiger partial charge >= 0.3 is 0 Å². The summed E-state index contributed by atoms with van der Waals surface area (Å²) < 4.78 is 0. The molecule has 3 N–H and O–H groups in total. The molecule has 0 amide bonds. The van der Waals surface area contributed by atoms with Crippen LogP contribution in [0.25, 0.3) is 0 Å². The topological polar surface area (TPSA) is 87.6 Å². The van der Waals surface area contributed by atoms with Gasteiger partial charge < -0.3 is 11.1 Å². The number of nitrogens with one attached hydrogen (secondary N) is 1. The molecule has 0 unspecified atom stereocenters. The second kappa shape index (κ2) is 5.06. The summed E-state index contributed by atoms with van der Waals surface area (Å²) in [6, 6.07) is 7.69. The summed E-state index contributed by atoms with van der Waals surface area (Å²) in [7, 11) is 0. The largest absolute Gasteiger partial charge is 0.383 e. The fourth-order valence-electron chi connectivity index (χ4n) is 2.15. The van der Waals surface area contributed by atoms with E-state index in [2.05, 4.69) is 21.4 Å². The van der Waals surface area contributed by atoms with Crippen LogP contribution in [-0.4, -0.2) is 9.97 Å². The van der Waals surface area contributed by atoms with Gasteiger partial charge in [0.15, 0.2) is 0 Å². The van der Waals surface area contributed by atoms with E-state index in [1.807, 2.05) is 26.0 Å². The highest BCUT2D eigenvalue weighted by Gasteiger charge is 2.28. The van der Waals surface area contributed by atoms with Crippen molar-refractivity contribution >= 4 is 17.3 Å². The molecule has 2 aromatic rings. The van der Waals surface area contributed by atoms with Gasteiger partial charge in [0, 0.05) is 17.2 Å². The van der Waals surface area contributed by atoms with Crippen molar-refractivity contribution in [2.24, 2.45) is 0 Å². The van der Waals surface area contributed by atoms with Gasteiger partial charge in [-0.2, -0.15) is 5.26 Å². The van der Waals surface area contributed by atoms with E-state index in [0.717, 1.165) is 41.3 Å². The number of nitrogen functional groups attached to an aromatic ring is 1. The van der Waals surface area contributed by atoms with Gasteiger partial charge in [0.25, 0.3) is 0 Å². The zero-order valence-corrected chi connectivity index (χ0v) is 12.1. The van der Waals surface area contributed by atoms with E-state index in [0.29, 0.717) is 17.3 Å². The summed E-state index contributed by atoms with van der Waals surface area (Å²) in [5, 5.41) is 12.3. The second-order valence-corrected chi connectivity index (χ2v) is 5.48. The third-order valence-electron chi connectivity index (χ3n) is 3.76. The highest BCUT2D eigenvalue weighted by atomic mass is 15.1. The molecule has 0 bridgehead atoms. The first kappa shape index (κ1) is 13.4. The quantitative estimate of drug-likeness (QED) is 0.901. The predicted molar refractivity (Wildman–Crippen MR) is 82.3 cm³/mol. The lowest BCUT2D eigenvalue weighted by molar-refractivity contribution is 0.927. The number of nitriles is 1. The number of hydrogen-bond donors (Lipinski definition) is 2. The molecule has 21 heavy (non-hydrogen) atoms. The van der Waals surface area contributed by atoms with Crippen molar-refractivity contribution in [1.29, 1.82) is 5.26 Å². The Bertz CT molecular complexity index is 741. The highest BCUT2D eigenvalue weighted by molar-refractivity contribution is 5.67. The number of benzene rings is 1.